The van der Waals surface area contributed by atoms with Gasteiger partial charge in [-0.1, -0.05) is 25.7 Å². The molecule has 0 bridgehead atoms. The highest BCUT2D eigenvalue weighted by Gasteiger charge is 2.30. The van der Waals surface area contributed by atoms with Crippen molar-refractivity contribution in [1.82, 2.24) is 0 Å². The quantitative estimate of drug-likeness (QED) is 0.701. The zero-order valence-electron chi connectivity index (χ0n) is 10.8. The number of carbonyl (C=O) groups excluding carboxylic acids is 1. The van der Waals surface area contributed by atoms with E-state index in [1.54, 1.807) is 0 Å². The molecule has 1 aliphatic carbocycles. The molecule has 0 saturated heterocycles. The summed E-state index contributed by atoms with van der Waals surface area (Å²) >= 11 is 0. The summed E-state index contributed by atoms with van der Waals surface area (Å²) in [5, 5.41) is 0. The largest absolute Gasteiger partial charge is 0.460 e. The van der Waals surface area contributed by atoms with Crippen molar-refractivity contribution in [3.63, 3.8) is 0 Å². The minimum Gasteiger partial charge on any atom is -0.460 e. The van der Waals surface area contributed by atoms with Crippen LogP contribution < -0.4 is 5.73 Å². The Morgan fingerprint density at radius 1 is 1.12 bits per heavy atom. The normalized spacial score (nSPS) is 28.0. The smallest absolute Gasteiger partial charge is 0.311 e. The molecule has 2 unspecified atom stereocenters. The number of hydrogen-bond donors (Lipinski definition) is 1. The monoisotopic (exact) mass is 227 g/mol. The maximum Gasteiger partial charge on any atom is 0.311 e. The second-order valence-corrected chi connectivity index (χ2v) is 5.80. The third-order valence-corrected chi connectivity index (χ3v) is 3.03. The molecule has 2 N–H and O–H groups in total. The van der Waals surface area contributed by atoms with Crippen LogP contribution in [0, 0.1) is 5.92 Å². The molecule has 1 fully saturated rings. The molecule has 0 spiro atoms. The Bertz CT molecular complexity index is 233. The first-order chi connectivity index (χ1) is 7.40. The highest BCUT2D eigenvalue weighted by molar-refractivity contribution is 5.73. The molecule has 1 aliphatic rings. The van der Waals surface area contributed by atoms with E-state index in [-0.39, 0.29) is 17.9 Å². The van der Waals surface area contributed by atoms with E-state index >= 15 is 0 Å². The third-order valence-electron chi connectivity index (χ3n) is 3.03. The van der Waals surface area contributed by atoms with Gasteiger partial charge in [-0.05, 0) is 33.6 Å². The molecule has 0 aliphatic heterocycles. The van der Waals surface area contributed by atoms with Crippen molar-refractivity contribution >= 4 is 5.97 Å². The molecule has 1 saturated carbocycles. The highest BCUT2D eigenvalue weighted by atomic mass is 16.6. The summed E-state index contributed by atoms with van der Waals surface area (Å²) < 4.78 is 5.43. The van der Waals surface area contributed by atoms with E-state index in [0.29, 0.717) is 0 Å². The van der Waals surface area contributed by atoms with Crippen molar-refractivity contribution in [3.8, 4) is 0 Å². The molecule has 94 valence electrons. The Kier molecular flexibility index (Phi) is 4.78. The number of rotatable bonds is 1. The average Bonchev–Trinajstić information content (AvgIpc) is 2.08. The van der Waals surface area contributed by atoms with E-state index < -0.39 is 5.60 Å². The molecule has 16 heavy (non-hydrogen) atoms. The van der Waals surface area contributed by atoms with Crippen molar-refractivity contribution in [2.75, 3.05) is 0 Å². The standard InChI is InChI=1S/C13H25NO2/c1-13(2,3)16-12(15)10-8-6-4-5-7-9-11(10)14/h10-11H,4-9,14H2,1-3H3. The molecule has 0 aromatic heterocycles. The van der Waals surface area contributed by atoms with Crippen LogP contribution in [0.25, 0.3) is 0 Å². The first-order valence-electron chi connectivity index (χ1n) is 6.38. The summed E-state index contributed by atoms with van der Waals surface area (Å²) in [6.45, 7) is 5.71. The van der Waals surface area contributed by atoms with Crippen LogP contribution in [0.1, 0.15) is 59.3 Å². The summed E-state index contributed by atoms with van der Waals surface area (Å²) in [6.07, 6.45) is 6.53. The van der Waals surface area contributed by atoms with Crippen LogP contribution in [0.5, 0.6) is 0 Å². The van der Waals surface area contributed by atoms with E-state index in [9.17, 15) is 4.79 Å². The van der Waals surface area contributed by atoms with Crippen LogP contribution in [0.3, 0.4) is 0 Å². The highest BCUT2D eigenvalue weighted by Crippen LogP contribution is 2.24. The average molecular weight is 227 g/mol. The number of carbonyl (C=O) groups is 1. The van der Waals surface area contributed by atoms with Gasteiger partial charge in [0.1, 0.15) is 5.60 Å². The van der Waals surface area contributed by atoms with Crippen LogP contribution in [0.15, 0.2) is 0 Å². The van der Waals surface area contributed by atoms with Crippen molar-refractivity contribution in [2.45, 2.75) is 70.9 Å². The molecule has 0 amide bonds. The molecule has 2 atom stereocenters. The topological polar surface area (TPSA) is 52.3 Å². The number of ether oxygens (including phenoxy) is 1. The van der Waals surface area contributed by atoms with Gasteiger partial charge in [0.25, 0.3) is 0 Å². The Morgan fingerprint density at radius 2 is 1.69 bits per heavy atom. The van der Waals surface area contributed by atoms with Crippen LogP contribution in [0.2, 0.25) is 0 Å². The van der Waals surface area contributed by atoms with E-state index in [1.165, 1.54) is 12.8 Å². The fourth-order valence-electron chi connectivity index (χ4n) is 2.18. The molecule has 3 heteroatoms. The summed E-state index contributed by atoms with van der Waals surface area (Å²) in [5.41, 5.74) is 5.66. The van der Waals surface area contributed by atoms with E-state index in [1.807, 2.05) is 20.8 Å². The van der Waals surface area contributed by atoms with Gasteiger partial charge in [0, 0.05) is 6.04 Å². The lowest BCUT2D eigenvalue weighted by Crippen LogP contribution is -2.40. The first-order valence-corrected chi connectivity index (χ1v) is 6.38. The Morgan fingerprint density at radius 3 is 2.25 bits per heavy atom. The zero-order valence-corrected chi connectivity index (χ0v) is 10.8. The molecular formula is C13H25NO2. The Labute approximate surface area is 98.7 Å². The molecule has 0 aromatic carbocycles. The van der Waals surface area contributed by atoms with Crippen molar-refractivity contribution in [2.24, 2.45) is 11.7 Å². The lowest BCUT2D eigenvalue weighted by Gasteiger charge is -2.28. The van der Waals surface area contributed by atoms with Crippen LogP contribution in [-0.4, -0.2) is 17.6 Å². The molecule has 3 nitrogen and oxygen atoms in total. The predicted molar refractivity (Wildman–Crippen MR) is 65.0 cm³/mol. The van der Waals surface area contributed by atoms with Gasteiger partial charge < -0.3 is 10.5 Å². The third kappa shape index (κ3) is 4.52. The first kappa shape index (κ1) is 13.5. The molecule has 1 rings (SSSR count). The fourth-order valence-corrected chi connectivity index (χ4v) is 2.18. The second kappa shape index (κ2) is 5.67. The maximum atomic E-state index is 12.0. The summed E-state index contributed by atoms with van der Waals surface area (Å²) in [5.74, 6) is -0.207. The van der Waals surface area contributed by atoms with Gasteiger partial charge in [-0.25, -0.2) is 0 Å². The SMILES string of the molecule is CC(C)(C)OC(=O)C1CCCCCCC1N. The van der Waals surface area contributed by atoms with E-state index in [2.05, 4.69) is 0 Å². The predicted octanol–water partition coefficient (Wildman–Crippen LogP) is 2.63. The molecule has 0 radical (unpaired) electrons. The van der Waals surface area contributed by atoms with Gasteiger partial charge in [-0.15, -0.1) is 0 Å². The Balaban J connectivity index is 2.56. The van der Waals surface area contributed by atoms with Crippen LogP contribution >= 0.6 is 0 Å². The minimum absolute atomic E-state index is 0.0184. The van der Waals surface area contributed by atoms with Gasteiger partial charge in [0.05, 0.1) is 5.92 Å². The number of esters is 1. The lowest BCUT2D eigenvalue weighted by molar-refractivity contribution is -0.161. The molecular weight excluding hydrogens is 202 g/mol. The van der Waals surface area contributed by atoms with E-state index in [0.717, 1.165) is 25.7 Å². The maximum absolute atomic E-state index is 12.0. The summed E-state index contributed by atoms with van der Waals surface area (Å²) in [7, 11) is 0. The number of hydrogen-bond acceptors (Lipinski definition) is 3. The van der Waals surface area contributed by atoms with Crippen molar-refractivity contribution in [1.29, 1.82) is 0 Å². The van der Waals surface area contributed by atoms with Crippen LogP contribution in [0.4, 0.5) is 0 Å². The van der Waals surface area contributed by atoms with Crippen LogP contribution in [-0.2, 0) is 9.53 Å². The Hall–Kier alpha value is -0.570. The minimum atomic E-state index is -0.404. The van der Waals surface area contributed by atoms with Gasteiger partial charge in [0.2, 0.25) is 0 Å². The van der Waals surface area contributed by atoms with Crippen molar-refractivity contribution in [3.05, 3.63) is 0 Å². The van der Waals surface area contributed by atoms with Gasteiger partial charge in [0.15, 0.2) is 0 Å². The lowest BCUT2D eigenvalue weighted by atomic mass is 9.87. The zero-order chi connectivity index (χ0) is 12.2. The van der Waals surface area contributed by atoms with Gasteiger partial charge in [-0.3, -0.25) is 4.79 Å². The van der Waals surface area contributed by atoms with Crippen molar-refractivity contribution < 1.29 is 9.53 Å². The summed E-state index contributed by atoms with van der Waals surface area (Å²) in [4.78, 5) is 12.0. The number of nitrogens with two attached hydrogens (primary N) is 1. The fraction of sp³-hybridized carbons (Fsp3) is 0.923. The summed E-state index contributed by atoms with van der Waals surface area (Å²) in [6, 6.07) is -0.0184. The van der Waals surface area contributed by atoms with Gasteiger partial charge >= 0.3 is 5.97 Å². The van der Waals surface area contributed by atoms with Gasteiger partial charge in [-0.2, -0.15) is 0 Å². The van der Waals surface area contributed by atoms with E-state index in [4.69, 9.17) is 10.5 Å². The molecule has 0 aromatic rings. The molecule has 0 heterocycles. The second-order valence-electron chi connectivity index (χ2n) is 5.80.